The predicted octanol–water partition coefficient (Wildman–Crippen LogP) is 0.124. The summed E-state index contributed by atoms with van der Waals surface area (Å²) < 4.78 is 5.22. The van der Waals surface area contributed by atoms with Gasteiger partial charge in [-0.3, -0.25) is 9.59 Å². The van der Waals surface area contributed by atoms with Crippen LogP contribution < -0.4 is 11.1 Å². The van der Waals surface area contributed by atoms with E-state index in [0.717, 1.165) is 5.56 Å². The van der Waals surface area contributed by atoms with Crippen LogP contribution >= 0.6 is 0 Å². The Balaban J connectivity index is 1.74. The highest BCUT2D eigenvalue weighted by Crippen LogP contribution is 2.07. The summed E-state index contributed by atoms with van der Waals surface area (Å²) in [6.07, 6.45) is 0.443. The summed E-state index contributed by atoms with van der Waals surface area (Å²) in [5.74, 6) is -0.300. The lowest BCUT2D eigenvalue weighted by Gasteiger charge is -2.26. The number of benzene rings is 1. The van der Waals surface area contributed by atoms with E-state index in [1.165, 1.54) is 0 Å². The molecule has 21 heavy (non-hydrogen) atoms. The van der Waals surface area contributed by atoms with Gasteiger partial charge in [-0.05, 0) is 11.6 Å². The van der Waals surface area contributed by atoms with Crippen LogP contribution in [0.4, 0.5) is 0 Å². The average molecular weight is 291 g/mol. The number of amides is 2. The summed E-state index contributed by atoms with van der Waals surface area (Å²) >= 11 is 0. The zero-order valence-electron chi connectivity index (χ0n) is 12.0. The maximum absolute atomic E-state index is 11.9. The van der Waals surface area contributed by atoms with Crippen LogP contribution in [0.25, 0.3) is 0 Å². The van der Waals surface area contributed by atoms with Gasteiger partial charge < -0.3 is 20.7 Å². The summed E-state index contributed by atoms with van der Waals surface area (Å²) in [6.45, 7) is 3.67. The Hall–Kier alpha value is -1.92. The molecular formula is C15H21N3O3. The minimum absolute atomic E-state index is 0.133. The monoisotopic (exact) mass is 291 g/mol. The molecule has 114 valence electrons. The molecule has 0 aromatic heterocycles. The number of hydrogen-bond donors (Lipinski definition) is 2. The fourth-order valence-corrected chi connectivity index (χ4v) is 2.30. The molecule has 0 spiro atoms. The Bertz CT molecular complexity index is 499. The number of ether oxygens (including phenoxy) is 1. The van der Waals surface area contributed by atoms with Gasteiger partial charge in [-0.1, -0.05) is 18.2 Å². The zero-order chi connectivity index (χ0) is 15.1. The smallest absolute Gasteiger partial charge is 0.249 e. The van der Waals surface area contributed by atoms with Gasteiger partial charge in [0.2, 0.25) is 11.8 Å². The molecule has 1 saturated heterocycles. The topological polar surface area (TPSA) is 84.7 Å². The standard InChI is InChI=1S/C15H21N3O3/c16-15(20)13-4-2-1-3-12(13)11-17-6-5-14(19)18-7-9-21-10-8-18/h1-4,17H,5-11H2,(H2,16,20). The maximum atomic E-state index is 11.9. The van der Waals surface area contributed by atoms with Crippen molar-refractivity contribution < 1.29 is 14.3 Å². The van der Waals surface area contributed by atoms with Gasteiger partial charge in [-0.25, -0.2) is 0 Å². The van der Waals surface area contributed by atoms with E-state index in [9.17, 15) is 9.59 Å². The molecule has 2 amide bonds. The molecule has 1 heterocycles. The minimum Gasteiger partial charge on any atom is -0.378 e. The van der Waals surface area contributed by atoms with E-state index in [1.54, 1.807) is 12.1 Å². The number of primary amides is 1. The molecule has 0 bridgehead atoms. The lowest BCUT2D eigenvalue weighted by molar-refractivity contribution is -0.135. The number of hydrogen-bond acceptors (Lipinski definition) is 4. The average Bonchev–Trinajstić information content (AvgIpc) is 2.52. The van der Waals surface area contributed by atoms with Crippen molar-refractivity contribution in [3.05, 3.63) is 35.4 Å². The van der Waals surface area contributed by atoms with Gasteiger partial charge in [0, 0.05) is 38.2 Å². The highest BCUT2D eigenvalue weighted by Gasteiger charge is 2.16. The summed E-state index contributed by atoms with van der Waals surface area (Å²) in [7, 11) is 0. The lowest BCUT2D eigenvalue weighted by Crippen LogP contribution is -2.41. The Morgan fingerprint density at radius 2 is 1.95 bits per heavy atom. The van der Waals surface area contributed by atoms with Crippen LogP contribution in [0.1, 0.15) is 22.3 Å². The molecule has 0 radical (unpaired) electrons. The largest absolute Gasteiger partial charge is 0.378 e. The summed E-state index contributed by atoms with van der Waals surface area (Å²) in [6, 6.07) is 7.21. The first kappa shape index (κ1) is 15.5. The molecule has 0 atom stereocenters. The molecular weight excluding hydrogens is 270 g/mol. The molecule has 6 heteroatoms. The first-order valence-electron chi connectivity index (χ1n) is 7.12. The van der Waals surface area contributed by atoms with E-state index < -0.39 is 5.91 Å². The van der Waals surface area contributed by atoms with Crippen molar-refractivity contribution in [2.45, 2.75) is 13.0 Å². The zero-order valence-corrected chi connectivity index (χ0v) is 12.0. The second-order valence-corrected chi connectivity index (χ2v) is 4.94. The third kappa shape index (κ3) is 4.54. The van der Waals surface area contributed by atoms with Crippen LogP contribution in [0.3, 0.4) is 0 Å². The quantitative estimate of drug-likeness (QED) is 0.729. The van der Waals surface area contributed by atoms with Gasteiger partial charge in [0.05, 0.1) is 13.2 Å². The Kier molecular flexibility index (Phi) is 5.71. The van der Waals surface area contributed by atoms with E-state index in [0.29, 0.717) is 51.4 Å². The fourth-order valence-electron chi connectivity index (χ4n) is 2.30. The van der Waals surface area contributed by atoms with Crippen molar-refractivity contribution in [3.63, 3.8) is 0 Å². The van der Waals surface area contributed by atoms with Crippen molar-refractivity contribution in [2.24, 2.45) is 5.73 Å². The number of morpholine rings is 1. The van der Waals surface area contributed by atoms with Crippen LogP contribution in [-0.4, -0.2) is 49.6 Å². The Morgan fingerprint density at radius 1 is 1.24 bits per heavy atom. The van der Waals surface area contributed by atoms with Crippen molar-refractivity contribution >= 4 is 11.8 Å². The molecule has 2 rings (SSSR count). The molecule has 1 aliphatic heterocycles. The van der Waals surface area contributed by atoms with Crippen LogP contribution in [0.15, 0.2) is 24.3 Å². The van der Waals surface area contributed by atoms with Gasteiger partial charge in [-0.2, -0.15) is 0 Å². The van der Waals surface area contributed by atoms with Gasteiger partial charge in [0.1, 0.15) is 0 Å². The number of nitrogens with one attached hydrogen (secondary N) is 1. The lowest BCUT2D eigenvalue weighted by atomic mass is 10.1. The fraction of sp³-hybridized carbons (Fsp3) is 0.467. The van der Waals surface area contributed by atoms with E-state index in [2.05, 4.69) is 5.32 Å². The SMILES string of the molecule is NC(=O)c1ccccc1CNCCC(=O)N1CCOCC1. The second kappa shape index (κ2) is 7.75. The molecule has 0 saturated carbocycles. The van der Waals surface area contributed by atoms with Gasteiger partial charge in [0.15, 0.2) is 0 Å². The van der Waals surface area contributed by atoms with Crippen LogP contribution in [0, 0.1) is 0 Å². The van der Waals surface area contributed by atoms with Crippen LogP contribution in [0.5, 0.6) is 0 Å². The highest BCUT2D eigenvalue weighted by atomic mass is 16.5. The van der Waals surface area contributed by atoms with Gasteiger partial charge in [0.25, 0.3) is 0 Å². The number of nitrogens with two attached hydrogens (primary N) is 1. The maximum Gasteiger partial charge on any atom is 0.249 e. The normalized spacial score (nSPS) is 15.0. The van der Waals surface area contributed by atoms with E-state index in [4.69, 9.17) is 10.5 Å². The molecule has 1 aliphatic rings. The first-order chi connectivity index (χ1) is 10.2. The molecule has 1 aromatic carbocycles. The molecule has 1 fully saturated rings. The van der Waals surface area contributed by atoms with Crippen molar-refractivity contribution in [2.75, 3.05) is 32.8 Å². The summed E-state index contributed by atoms with van der Waals surface area (Å²) in [4.78, 5) is 25.1. The van der Waals surface area contributed by atoms with E-state index in [-0.39, 0.29) is 5.91 Å². The number of nitrogens with zero attached hydrogens (tertiary/aromatic N) is 1. The first-order valence-corrected chi connectivity index (χ1v) is 7.12. The van der Waals surface area contributed by atoms with Gasteiger partial charge in [-0.15, -0.1) is 0 Å². The van der Waals surface area contributed by atoms with Crippen molar-refractivity contribution in [1.82, 2.24) is 10.2 Å². The predicted molar refractivity (Wildman–Crippen MR) is 78.7 cm³/mol. The van der Waals surface area contributed by atoms with Crippen LogP contribution in [-0.2, 0) is 16.1 Å². The Morgan fingerprint density at radius 3 is 2.67 bits per heavy atom. The van der Waals surface area contributed by atoms with Crippen molar-refractivity contribution in [1.29, 1.82) is 0 Å². The van der Waals surface area contributed by atoms with Crippen molar-refractivity contribution in [3.8, 4) is 0 Å². The highest BCUT2D eigenvalue weighted by molar-refractivity contribution is 5.94. The number of carbonyl (C=O) groups is 2. The molecule has 0 aliphatic carbocycles. The second-order valence-electron chi connectivity index (χ2n) is 4.94. The minimum atomic E-state index is -0.434. The molecule has 1 aromatic rings. The molecule has 0 unspecified atom stereocenters. The molecule has 3 N–H and O–H groups in total. The Labute approximate surface area is 124 Å². The van der Waals surface area contributed by atoms with E-state index in [1.807, 2.05) is 17.0 Å². The van der Waals surface area contributed by atoms with Crippen LogP contribution in [0.2, 0.25) is 0 Å². The summed E-state index contributed by atoms with van der Waals surface area (Å²) in [5, 5.41) is 3.18. The van der Waals surface area contributed by atoms with E-state index >= 15 is 0 Å². The van der Waals surface area contributed by atoms with Gasteiger partial charge >= 0.3 is 0 Å². The third-order valence-corrected chi connectivity index (χ3v) is 3.48. The summed E-state index contributed by atoms with van der Waals surface area (Å²) in [5.41, 5.74) is 6.69. The molecule has 6 nitrogen and oxygen atoms in total. The third-order valence-electron chi connectivity index (χ3n) is 3.48. The number of rotatable bonds is 6. The number of carbonyl (C=O) groups excluding carboxylic acids is 2.